The number of nitrogens with zero attached hydrogens (tertiary/aromatic N) is 2. The number of imidazole rings is 1. The highest BCUT2D eigenvalue weighted by Crippen LogP contribution is 2.18. The first-order valence-electron chi connectivity index (χ1n) is 9.33. The standard InChI is InChI=1S/C21H23ClN4O2/c1-2-20(27)23-13-5-8-19-25-17-6-3-4-7-18(17)26(19)14-21(28)24-16-11-9-15(22)10-12-16/h3-4,6-7,9-12H,2,5,8,13-14H2,1H3,(H,23,27)(H,24,28). The number of hydrogen-bond donors (Lipinski definition) is 2. The zero-order chi connectivity index (χ0) is 19.9. The monoisotopic (exact) mass is 398 g/mol. The van der Waals surface area contributed by atoms with Gasteiger partial charge in [0.2, 0.25) is 11.8 Å². The molecule has 0 saturated carbocycles. The van der Waals surface area contributed by atoms with Gasteiger partial charge in [-0.05, 0) is 42.8 Å². The predicted molar refractivity (Wildman–Crippen MR) is 111 cm³/mol. The fourth-order valence-corrected chi connectivity index (χ4v) is 3.10. The van der Waals surface area contributed by atoms with Gasteiger partial charge in [-0.25, -0.2) is 4.98 Å². The second-order valence-corrected chi connectivity index (χ2v) is 6.90. The van der Waals surface area contributed by atoms with Gasteiger partial charge in [0.15, 0.2) is 0 Å². The summed E-state index contributed by atoms with van der Waals surface area (Å²) in [5.74, 6) is 0.736. The Balaban J connectivity index is 1.71. The smallest absolute Gasteiger partial charge is 0.244 e. The second-order valence-electron chi connectivity index (χ2n) is 6.47. The van der Waals surface area contributed by atoms with Crippen molar-refractivity contribution in [2.75, 3.05) is 11.9 Å². The van der Waals surface area contributed by atoms with Gasteiger partial charge in [-0.3, -0.25) is 9.59 Å². The zero-order valence-electron chi connectivity index (χ0n) is 15.7. The molecule has 7 heteroatoms. The van der Waals surface area contributed by atoms with E-state index in [1.807, 2.05) is 35.8 Å². The summed E-state index contributed by atoms with van der Waals surface area (Å²) in [7, 11) is 0. The zero-order valence-corrected chi connectivity index (χ0v) is 16.5. The molecular weight excluding hydrogens is 376 g/mol. The van der Waals surface area contributed by atoms with E-state index in [-0.39, 0.29) is 18.4 Å². The molecule has 1 aromatic heterocycles. The molecule has 2 aromatic carbocycles. The number of aromatic nitrogens is 2. The van der Waals surface area contributed by atoms with Crippen molar-refractivity contribution in [3.8, 4) is 0 Å². The lowest BCUT2D eigenvalue weighted by atomic mass is 10.2. The molecule has 0 spiro atoms. The summed E-state index contributed by atoms with van der Waals surface area (Å²) < 4.78 is 1.93. The molecule has 0 radical (unpaired) electrons. The maximum absolute atomic E-state index is 12.6. The highest BCUT2D eigenvalue weighted by Gasteiger charge is 2.13. The minimum atomic E-state index is -0.133. The van der Waals surface area contributed by atoms with Crippen molar-refractivity contribution >= 4 is 40.1 Å². The number of nitrogens with one attached hydrogen (secondary N) is 2. The molecule has 0 aliphatic carbocycles. The number of fused-ring (bicyclic) bond motifs is 1. The Morgan fingerprint density at radius 2 is 1.82 bits per heavy atom. The fraction of sp³-hybridized carbons (Fsp3) is 0.286. The lowest BCUT2D eigenvalue weighted by Gasteiger charge is -2.10. The number of aryl methyl sites for hydroxylation is 1. The number of benzene rings is 2. The van der Waals surface area contributed by atoms with Gasteiger partial charge in [-0.2, -0.15) is 0 Å². The van der Waals surface area contributed by atoms with Crippen LogP contribution in [0.3, 0.4) is 0 Å². The van der Waals surface area contributed by atoms with Gasteiger partial charge in [0.25, 0.3) is 0 Å². The van der Waals surface area contributed by atoms with Crippen LogP contribution in [0.5, 0.6) is 0 Å². The number of hydrogen-bond acceptors (Lipinski definition) is 3. The van der Waals surface area contributed by atoms with Gasteiger partial charge in [-0.1, -0.05) is 30.7 Å². The minimum absolute atomic E-state index is 0.0378. The van der Waals surface area contributed by atoms with Crippen LogP contribution in [0.25, 0.3) is 11.0 Å². The van der Waals surface area contributed by atoms with Crippen molar-refractivity contribution in [1.82, 2.24) is 14.9 Å². The lowest BCUT2D eigenvalue weighted by Crippen LogP contribution is -2.24. The Morgan fingerprint density at radius 1 is 1.07 bits per heavy atom. The number of rotatable bonds is 8. The summed E-state index contributed by atoms with van der Waals surface area (Å²) in [4.78, 5) is 28.6. The third kappa shape index (κ3) is 5.10. The predicted octanol–water partition coefficient (Wildman–Crippen LogP) is 3.79. The molecule has 3 aromatic rings. The van der Waals surface area contributed by atoms with Crippen LogP contribution in [0.1, 0.15) is 25.6 Å². The Morgan fingerprint density at radius 3 is 2.57 bits per heavy atom. The molecule has 0 fully saturated rings. The van der Waals surface area contributed by atoms with Crippen molar-refractivity contribution in [2.45, 2.75) is 32.7 Å². The molecule has 0 bridgehead atoms. The van der Waals surface area contributed by atoms with Crippen molar-refractivity contribution in [2.24, 2.45) is 0 Å². The topological polar surface area (TPSA) is 76.0 Å². The Kier molecular flexibility index (Phi) is 6.66. The van der Waals surface area contributed by atoms with Crippen LogP contribution in [0.4, 0.5) is 5.69 Å². The second kappa shape index (κ2) is 9.37. The molecule has 1 heterocycles. The van der Waals surface area contributed by atoms with Crippen LogP contribution in [0, 0.1) is 0 Å². The van der Waals surface area contributed by atoms with E-state index < -0.39 is 0 Å². The van der Waals surface area contributed by atoms with E-state index in [2.05, 4.69) is 15.6 Å². The number of amides is 2. The van der Waals surface area contributed by atoms with Crippen LogP contribution in [0.15, 0.2) is 48.5 Å². The average molecular weight is 399 g/mol. The Hall–Kier alpha value is -2.86. The summed E-state index contributed by atoms with van der Waals surface area (Å²) in [5, 5.41) is 6.38. The third-order valence-electron chi connectivity index (χ3n) is 4.38. The first-order valence-corrected chi connectivity index (χ1v) is 9.71. The number of para-hydroxylation sites is 2. The number of carbonyl (C=O) groups excluding carboxylic acids is 2. The van der Waals surface area contributed by atoms with Gasteiger partial charge in [-0.15, -0.1) is 0 Å². The Labute approximate surface area is 168 Å². The molecular formula is C21H23ClN4O2. The summed E-state index contributed by atoms with van der Waals surface area (Å²) in [6, 6.07) is 14.8. The third-order valence-corrected chi connectivity index (χ3v) is 4.64. The normalized spacial score (nSPS) is 10.8. The van der Waals surface area contributed by atoms with Crippen molar-refractivity contribution in [3.05, 3.63) is 59.4 Å². The molecule has 2 amide bonds. The molecule has 2 N–H and O–H groups in total. The van der Waals surface area contributed by atoms with E-state index in [0.717, 1.165) is 23.3 Å². The van der Waals surface area contributed by atoms with Crippen molar-refractivity contribution < 1.29 is 9.59 Å². The maximum Gasteiger partial charge on any atom is 0.244 e. The van der Waals surface area contributed by atoms with Crippen LogP contribution >= 0.6 is 11.6 Å². The van der Waals surface area contributed by atoms with Gasteiger partial charge >= 0.3 is 0 Å². The molecule has 0 saturated heterocycles. The van der Waals surface area contributed by atoms with E-state index in [1.165, 1.54) is 0 Å². The SMILES string of the molecule is CCC(=O)NCCCc1nc2ccccc2n1CC(=O)Nc1ccc(Cl)cc1. The highest BCUT2D eigenvalue weighted by atomic mass is 35.5. The molecule has 0 unspecified atom stereocenters. The van der Waals surface area contributed by atoms with E-state index in [9.17, 15) is 9.59 Å². The number of carbonyl (C=O) groups is 2. The van der Waals surface area contributed by atoms with E-state index >= 15 is 0 Å². The molecule has 3 rings (SSSR count). The minimum Gasteiger partial charge on any atom is -0.356 e. The van der Waals surface area contributed by atoms with Crippen LogP contribution in [-0.4, -0.2) is 27.9 Å². The maximum atomic E-state index is 12.6. The first kappa shape index (κ1) is 19.9. The average Bonchev–Trinajstić information content (AvgIpc) is 3.04. The van der Waals surface area contributed by atoms with Gasteiger partial charge < -0.3 is 15.2 Å². The van der Waals surface area contributed by atoms with Gasteiger partial charge in [0, 0.05) is 30.1 Å². The summed E-state index contributed by atoms with van der Waals surface area (Å²) in [5.41, 5.74) is 2.47. The van der Waals surface area contributed by atoms with Crippen LogP contribution < -0.4 is 10.6 Å². The van der Waals surface area contributed by atoms with Crippen LogP contribution in [-0.2, 0) is 22.6 Å². The van der Waals surface area contributed by atoms with Crippen molar-refractivity contribution in [3.63, 3.8) is 0 Å². The summed E-state index contributed by atoms with van der Waals surface area (Å²) >= 11 is 5.89. The van der Waals surface area contributed by atoms with Crippen molar-refractivity contribution in [1.29, 1.82) is 0 Å². The first-order chi connectivity index (χ1) is 13.6. The molecule has 0 aliphatic heterocycles. The van der Waals surface area contributed by atoms with Gasteiger partial charge in [0.05, 0.1) is 11.0 Å². The molecule has 0 atom stereocenters. The number of halogens is 1. The quantitative estimate of drug-likeness (QED) is 0.567. The van der Waals surface area contributed by atoms with E-state index in [1.54, 1.807) is 24.3 Å². The number of anilines is 1. The molecule has 6 nitrogen and oxygen atoms in total. The lowest BCUT2D eigenvalue weighted by molar-refractivity contribution is -0.120. The summed E-state index contributed by atoms with van der Waals surface area (Å²) in [6.45, 7) is 2.58. The fourth-order valence-electron chi connectivity index (χ4n) is 2.97. The largest absolute Gasteiger partial charge is 0.356 e. The molecule has 0 aliphatic rings. The molecule has 146 valence electrons. The van der Waals surface area contributed by atoms with Gasteiger partial charge in [0.1, 0.15) is 12.4 Å². The van der Waals surface area contributed by atoms with Crippen LogP contribution in [0.2, 0.25) is 5.02 Å². The Bertz CT molecular complexity index is 966. The highest BCUT2D eigenvalue weighted by molar-refractivity contribution is 6.30. The molecule has 28 heavy (non-hydrogen) atoms. The summed E-state index contributed by atoms with van der Waals surface area (Å²) in [6.07, 6.45) is 1.91. The van der Waals surface area contributed by atoms with E-state index in [4.69, 9.17) is 11.6 Å². The van der Waals surface area contributed by atoms with E-state index in [0.29, 0.717) is 30.1 Å².